The van der Waals surface area contributed by atoms with Crippen molar-refractivity contribution in [2.75, 3.05) is 31.8 Å². The van der Waals surface area contributed by atoms with Crippen LogP contribution in [0.25, 0.3) is 0 Å². The zero-order chi connectivity index (χ0) is 12.3. The molecule has 2 atom stereocenters. The van der Waals surface area contributed by atoms with Crippen molar-refractivity contribution >= 4 is 27.7 Å². The largest absolute Gasteiger partial charge is 0.381 e. The summed E-state index contributed by atoms with van der Waals surface area (Å²) < 4.78 is 16.6. The Kier molecular flexibility index (Phi) is 4.49. The number of ether oxygens (including phenoxy) is 1. The maximum Gasteiger partial charge on any atom is 0.157 e. The lowest BCUT2D eigenvalue weighted by Gasteiger charge is -2.32. The third-order valence-electron chi connectivity index (χ3n) is 3.37. The number of nitrogens with zero attached hydrogens (tertiary/aromatic N) is 1. The molecule has 6 heteroatoms. The van der Waals surface area contributed by atoms with Crippen molar-refractivity contribution in [2.45, 2.75) is 30.6 Å². The molecule has 2 fully saturated rings. The summed E-state index contributed by atoms with van der Waals surface area (Å²) in [6.07, 6.45) is 3.86. The highest BCUT2D eigenvalue weighted by atomic mass is 32.2. The zero-order valence-electron chi connectivity index (χ0n) is 10.4. The molecule has 0 aliphatic carbocycles. The van der Waals surface area contributed by atoms with Gasteiger partial charge in [0.25, 0.3) is 0 Å². The highest BCUT2D eigenvalue weighted by molar-refractivity contribution is 8.14. The molecule has 98 valence electrons. The van der Waals surface area contributed by atoms with E-state index in [1.165, 1.54) is 0 Å². The van der Waals surface area contributed by atoms with Gasteiger partial charge in [-0.15, -0.1) is 0 Å². The van der Waals surface area contributed by atoms with Crippen LogP contribution in [0.4, 0.5) is 0 Å². The highest BCUT2D eigenvalue weighted by Crippen LogP contribution is 2.31. The molecule has 0 radical (unpaired) electrons. The van der Waals surface area contributed by atoms with Crippen molar-refractivity contribution in [3.05, 3.63) is 0 Å². The summed E-state index contributed by atoms with van der Waals surface area (Å²) in [7, 11) is -0.788. The molecule has 0 saturated carbocycles. The molecule has 17 heavy (non-hydrogen) atoms. The molecule has 2 aliphatic heterocycles. The summed E-state index contributed by atoms with van der Waals surface area (Å²) in [5, 5.41) is 4.69. The molecule has 0 aromatic heterocycles. The number of aliphatic imine (C=N–C) groups is 1. The lowest BCUT2D eigenvalue weighted by molar-refractivity contribution is 0.0555. The Labute approximate surface area is 109 Å². The Balaban J connectivity index is 1.88. The minimum Gasteiger partial charge on any atom is -0.381 e. The van der Waals surface area contributed by atoms with Crippen LogP contribution in [0.2, 0.25) is 0 Å². The van der Waals surface area contributed by atoms with E-state index < -0.39 is 10.8 Å². The molecule has 2 unspecified atom stereocenters. The summed E-state index contributed by atoms with van der Waals surface area (Å²) in [6.45, 7) is 4.31. The van der Waals surface area contributed by atoms with Gasteiger partial charge in [-0.1, -0.05) is 11.8 Å². The standard InChI is InChI=1S/C11H20N2O2S2/c1-9(17(2)14)7-12-10-13-11(8-16-10)3-5-15-6-4-11/h9H,3-8H2,1-2H3,(H,12,13). The van der Waals surface area contributed by atoms with Gasteiger partial charge in [0.05, 0.1) is 17.3 Å². The van der Waals surface area contributed by atoms with Crippen molar-refractivity contribution in [1.82, 2.24) is 5.32 Å². The van der Waals surface area contributed by atoms with Crippen LogP contribution >= 0.6 is 11.8 Å². The van der Waals surface area contributed by atoms with Crippen LogP contribution in [0.5, 0.6) is 0 Å². The van der Waals surface area contributed by atoms with Crippen molar-refractivity contribution in [2.24, 2.45) is 4.99 Å². The fourth-order valence-corrected chi connectivity index (χ4v) is 3.45. The van der Waals surface area contributed by atoms with Gasteiger partial charge in [-0.25, -0.2) is 0 Å². The molecule has 0 amide bonds. The first kappa shape index (κ1) is 13.4. The third kappa shape index (κ3) is 3.45. The average molecular weight is 276 g/mol. The monoisotopic (exact) mass is 276 g/mol. The Morgan fingerprint density at radius 2 is 2.29 bits per heavy atom. The minimum atomic E-state index is -0.788. The van der Waals surface area contributed by atoms with Crippen LogP contribution in [0.3, 0.4) is 0 Å². The molecule has 0 aromatic rings. The lowest BCUT2D eigenvalue weighted by atomic mass is 9.93. The van der Waals surface area contributed by atoms with Crippen LogP contribution in [0, 0.1) is 0 Å². The van der Waals surface area contributed by atoms with Gasteiger partial charge in [0.2, 0.25) is 0 Å². The second-order valence-electron chi connectivity index (χ2n) is 4.76. The van der Waals surface area contributed by atoms with E-state index in [9.17, 15) is 4.21 Å². The van der Waals surface area contributed by atoms with Gasteiger partial charge in [-0.05, 0) is 19.8 Å². The summed E-state index contributed by atoms with van der Waals surface area (Å²) in [6, 6.07) is 0. The van der Waals surface area contributed by atoms with Gasteiger partial charge in [0.15, 0.2) is 5.17 Å². The molecule has 2 rings (SSSR count). The number of rotatable bonds is 3. The van der Waals surface area contributed by atoms with E-state index in [0.29, 0.717) is 6.54 Å². The molecular weight excluding hydrogens is 256 g/mol. The maximum atomic E-state index is 11.2. The summed E-state index contributed by atoms with van der Waals surface area (Å²) in [5.41, 5.74) is 0.205. The summed E-state index contributed by atoms with van der Waals surface area (Å²) in [5.74, 6) is 1.08. The van der Waals surface area contributed by atoms with Gasteiger partial charge < -0.3 is 10.1 Å². The van der Waals surface area contributed by atoms with Crippen molar-refractivity contribution in [3.8, 4) is 0 Å². The van der Waals surface area contributed by atoms with Crippen LogP contribution < -0.4 is 5.32 Å². The fraction of sp³-hybridized carbons (Fsp3) is 0.909. The fourth-order valence-electron chi connectivity index (χ4n) is 1.94. The average Bonchev–Trinajstić information content (AvgIpc) is 2.70. The van der Waals surface area contributed by atoms with Gasteiger partial charge in [0, 0.05) is 36.0 Å². The van der Waals surface area contributed by atoms with Crippen LogP contribution in [-0.2, 0) is 15.5 Å². The van der Waals surface area contributed by atoms with Gasteiger partial charge >= 0.3 is 0 Å². The van der Waals surface area contributed by atoms with Crippen molar-refractivity contribution < 1.29 is 8.95 Å². The predicted molar refractivity (Wildman–Crippen MR) is 74.2 cm³/mol. The Hall–Kier alpha value is -0.0700. The second-order valence-corrected chi connectivity index (χ2v) is 7.53. The molecule has 2 heterocycles. The Bertz CT molecular complexity index is 327. The Morgan fingerprint density at radius 3 is 2.94 bits per heavy atom. The first-order valence-electron chi connectivity index (χ1n) is 5.97. The van der Waals surface area contributed by atoms with Crippen LogP contribution in [-0.4, -0.2) is 51.9 Å². The van der Waals surface area contributed by atoms with Crippen molar-refractivity contribution in [3.63, 3.8) is 0 Å². The lowest BCUT2D eigenvalue weighted by Crippen LogP contribution is -2.48. The van der Waals surface area contributed by atoms with Crippen LogP contribution in [0.1, 0.15) is 19.8 Å². The number of nitrogens with one attached hydrogen (secondary N) is 1. The number of thioether (sulfide) groups is 1. The molecule has 2 saturated heterocycles. The smallest absolute Gasteiger partial charge is 0.157 e. The summed E-state index contributed by atoms with van der Waals surface area (Å²) >= 11 is 1.79. The summed E-state index contributed by atoms with van der Waals surface area (Å²) in [4.78, 5) is 4.53. The van der Waals surface area contributed by atoms with Gasteiger partial charge in [-0.3, -0.25) is 9.20 Å². The van der Waals surface area contributed by atoms with E-state index in [0.717, 1.165) is 37.0 Å². The van der Waals surface area contributed by atoms with Gasteiger partial charge in [-0.2, -0.15) is 0 Å². The second kappa shape index (κ2) is 5.71. The highest BCUT2D eigenvalue weighted by Gasteiger charge is 2.38. The van der Waals surface area contributed by atoms with Crippen molar-refractivity contribution in [1.29, 1.82) is 0 Å². The minimum absolute atomic E-state index is 0.135. The van der Waals surface area contributed by atoms with E-state index in [1.807, 2.05) is 6.92 Å². The normalized spacial score (nSPS) is 29.2. The first-order chi connectivity index (χ1) is 8.11. The molecule has 2 aliphatic rings. The van der Waals surface area contributed by atoms with E-state index in [1.54, 1.807) is 18.0 Å². The van der Waals surface area contributed by atoms with E-state index in [-0.39, 0.29) is 10.8 Å². The molecule has 4 nitrogen and oxygen atoms in total. The number of hydrogen-bond donors (Lipinski definition) is 1. The molecule has 0 aromatic carbocycles. The van der Waals surface area contributed by atoms with E-state index in [4.69, 9.17) is 4.74 Å². The topological polar surface area (TPSA) is 50.7 Å². The molecule has 1 spiro atoms. The zero-order valence-corrected chi connectivity index (χ0v) is 12.0. The molecule has 1 N–H and O–H groups in total. The third-order valence-corrected chi connectivity index (χ3v) is 5.85. The number of hydrogen-bond acceptors (Lipinski definition) is 4. The Morgan fingerprint density at radius 1 is 1.59 bits per heavy atom. The SMILES string of the molecule is CC(CN=C1NC2(CCOCC2)CS1)S(C)=O. The molecule has 0 bridgehead atoms. The maximum absolute atomic E-state index is 11.2. The predicted octanol–water partition coefficient (Wildman–Crippen LogP) is 0.995. The van der Waals surface area contributed by atoms with E-state index >= 15 is 0 Å². The van der Waals surface area contributed by atoms with Crippen LogP contribution in [0.15, 0.2) is 4.99 Å². The van der Waals surface area contributed by atoms with E-state index in [2.05, 4.69) is 10.3 Å². The molecular formula is C11H20N2O2S2. The first-order valence-corrected chi connectivity index (χ1v) is 8.57. The quantitative estimate of drug-likeness (QED) is 0.835. The number of amidine groups is 1. The van der Waals surface area contributed by atoms with Gasteiger partial charge in [0.1, 0.15) is 0 Å².